The molecule has 0 aliphatic carbocycles. The first-order chi connectivity index (χ1) is 9.54. The summed E-state index contributed by atoms with van der Waals surface area (Å²) < 4.78 is 2.01. The fourth-order valence-corrected chi connectivity index (χ4v) is 3.47. The molecule has 0 bridgehead atoms. The zero-order valence-corrected chi connectivity index (χ0v) is 13.3. The van der Waals surface area contributed by atoms with Gasteiger partial charge in [-0.15, -0.1) is 10.2 Å². The molecule has 2 aromatic rings. The van der Waals surface area contributed by atoms with E-state index in [9.17, 15) is 0 Å². The summed E-state index contributed by atoms with van der Waals surface area (Å²) in [5.74, 6) is 0.918. The van der Waals surface area contributed by atoms with Crippen LogP contribution in [0.3, 0.4) is 0 Å². The third-order valence-electron chi connectivity index (χ3n) is 3.64. The Kier molecular flexibility index (Phi) is 4.83. The third-order valence-corrected chi connectivity index (χ3v) is 5.06. The molecular weight excluding hydrogens is 268 g/mol. The van der Waals surface area contributed by atoms with Crippen LogP contribution in [-0.4, -0.2) is 20.8 Å². The number of hydrogen-bond donors (Lipinski definition) is 1. The fourth-order valence-electron chi connectivity index (χ4n) is 2.11. The van der Waals surface area contributed by atoms with Gasteiger partial charge in [0, 0.05) is 13.1 Å². The Hall–Kier alpha value is -1.33. The molecule has 20 heavy (non-hydrogen) atoms. The second-order valence-electron chi connectivity index (χ2n) is 5.06. The second kappa shape index (κ2) is 6.41. The Morgan fingerprint density at radius 3 is 2.50 bits per heavy atom. The summed E-state index contributed by atoms with van der Waals surface area (Å²) in [6.45, 7) is 6.21. The van der Waals surface area contributed by atoms with Gasteiger partial charge in [0.25, 0.3) is 0 Å². The normalized spacial score (nSPS) is 14.2. The summed E-state index contributed by atoms with van der Waals surface area (Å²) in [5.41, 5.74) is 8.90. The van der Waals surface area contributed by atoms with Crippen LogP contribution in [0.1, 0.15) is 35.5 Å². The average molecular weight is 290 g/mol. The van der Waals surface area contributed by atoms with Crippen LogP contribution in [-0.2, 0) is 7.05 Å². The number of aryl methyl sites for hydroxylation is 2. The minimum Gasteiger partial charge on any atom is -0.326 e. The van der Waals surface area contributed by atoms with Crippen LogP contribution >= 0.6 is 11.8 Å². The summed E-state index contributed by atoms with van der Waals surface area (Å²) in [7, 11) is 1.99. The van der Waals surface area contributed by atoms with Crippen molar-refractivity contribution >= 4 is 11.8 Å². The predicted octanol–water partition coefficient (Wildman–Crippen LogP) is 3.00. The van der Waals surface area contributed by atoms with Crippen LogP contribution in [0.2, 0.25) is 0 Å². The lowest BCUT2D eigenvalue weighted by molar-refractivity contribution is 0.628. The van der Waals surface area contributed by atoms with Crippen LogP contribution in [0.5, 0.6) is 0 Å². The quantitative estimate of drug-likeness (QED) is 0.860. The molecule has 2 unspecified atom stereocenters. The van der Waals surface area contributed by atoms with E-state index >= 15 is 0 Å². The van der Waals surface area contributed by atoms with Crippen molar-refractivity contribution in [2.45, 2.75) is 43.6 Å². The maximum atomic E-state index is 6.34. The molecule has 108 valence electrons. The SMILES string of the molecule is CCC(N)C(Sc1nnc(C)n1C)c1ccccc1C. The Balaban J connectivity index is 2.34. The molecule has 1 aromatic heterocycles. The van der Waals surface area contributed by atoms with Crippen LogP contribution in [0.25, 0.3) is 0 Å². The largest absolute Gasteiger partial charge is 0.326 e. The number of thioether (sulfide) groups is 1. The number of aromatic nitrogens is 3. The molecule has 0 saturated carbocycles. The monoisotopic (exact) mass is 290 g/mol. The molecule has 2 atom stereocenters. The second-order valence-corrected chi connectivity index (χ2v) is 6.16. The Morgan fingerprint density at radius 1 is 1.25 bits per heavy atom. The van der Waals surface area contributed by atoms with E-state index < -0.39 is 0 Å². The molecule has 0 spiro atoms. The van der Waals surface area contributed by atoms with Crippen molar-refractivity contribution in [2.75, 3.05) is 0 Å². The molecule has 4 nitrogen and oxygen atoms in total. The highest BCUT2D eigenvalue weighted by molar-refractivity contribution is 7.99. The van der Waals surface area contributed by atoms with E-state index in [1.54, 1.807) is 11.8 Å². The molecule has 0 aliphatic heterocycles. The van der Waals surface area contributed by atoms with Crippen molar-refractivity contribution in [3.63, 3.8) is 0 Å². The zero-order valence-electron chi connectivity index (χ0n) is 12.5. The lowest BCUT2D eigenvalue weighted by Crippen LogP contribution is -2.26. The van der Waals surface area contributed by atoms with E-state index in [1.165, 1.54) is 11.1 Å². The van der Waals surface area contributed by atoms with Crippen LogP contribution < -0.4 is 5.73 Å². The van der Waals surface area contributed by atoms with Crippen LogP contribution in [0, 0.1) is 13.8 Å². The molecule has 0 radical (unpaired) electrons. The molecular formula is C15H22N4S. The minimum atomic E-state index is 0.0955. The van der Waals surface area contributed by atoms with Crippen LogP contribution in [0.4, 0.5) is 0 Å². The number of nitrogens with zero attached hydrogens (tertiary/aromatic N) is 3. The van der Waals surface area contributed by atoms with Crippen molar-refractivity contribution < 1.29 is 0 Å². The summed E-state index contributed by atoms with van der Waals surface area (Å²) in [4.78, 5) is 0. The van der Waals surface area contributed by atoms with Gasteiger partial charge in [0.2, 0.25) is 0 Å². The zero-order chi connectivity index (χ0) is 14.7. The standard InChI is InChI=1S/C15H22N4S/c1-5-13(16)14(12-9-7-6-8-10(12)2)20-15-18-17-11(3)19(15)4/h6-9,13-14H,5,16H2,1-4H3. The molecule has 5 heteroatoms. The van der Waals surface area contributed by atoms with Crippen molar-refractivity contribution in [3.8, 4) is 0 Å². The number of nitrogens with two attached hydrogens (primary N) is 1. The van der Waals surface area contributed by atoms with Crippen LogP contribution in [0.15, 0.2) is 29.4 Å². The van der Waals surface area contributed by atoms with Crippen molar-refractivity contribution in [2.24, 2.45) is 12.8 Å². The topological polar surface area (TPSA) is 56.7 Å². The minimum absolute atomic E-state index is 0.0955. The van der Waals surface area contributed by atoms with Crippen molar-refractivity contribution in [3.05, 3.63) is 41.2 Å². The van der Waals surface area contributed by atoms with Gasteiger partial charge >= 0.3 is 0 Å². The fraction of sp³-hybridized carbons (Fsp3) is 0.467. The average Bonchev–Trinajstić information content (AvgIpc) is 2.76. The molecule has 2 rings (SSSR count). The van der Waals surface area contributed by atoms with Gasteiger partial charge in [-0.25, -0.2) is 0 Å². The highest BCUT2D eigenvalue weighted by Gasteiger charge is 2.23. The van der Waals surface area contributed by atoms with Gasteiger partial charge in [-0.1, -0.05) is 43.0 Å². The summed E-state index contributed by atoms with van der Waals surface area (Å²) in [6.07, 6.45) is 0.933. The molecule has 0 saturated heterocycles. The number of benzene rings is 1. The smallest absolute Gasteiger partial charge is 0.191 e. The van der Waals surface area contributed by atoms with Gasteiger partial charge in [0.1, 0.15) is 5.82 Å². The van der Waals surface area contributed by atoms with Crippen molar-refractivity contribution in [1.82, 2.24) is 14.8 Å². The number of hydrogen-bond acceptors (Lipinski definition) is 4. The molecule has 2 N–H and O–H groups in total. The number of rotatable bonds is 5. The first-order valence-electron chi connectivity index (χ1n) is 6.88. The lowest BCUT2D eigenvalue weighted by atomic mass is 10.00. The van der Waals surface area contributed by atoms with Gasteiger partial charge < -0.3 is 10.3 Å². The van der Waals surface area contributed by atoms with Gasteiger partial charge in [-0.05, 0) is 31.4 Å². The lowest BCUT2D eigenvalue weighted by Gasteiger charge is -2.23. The predicted molar refractivity (Wildman–Crippen MR) is 83.8 cm³/mol. The first-order valence-corrected chi connectivity index (χ1v) is 7.76. The Morgan fingerprint density at radius 2 is 1.95 bits per heavy atom. The summed E-state index contributed by atoms with van der Waals surface area (Å²) >= 11 is 1.70. The van der Waals surface area contributed by atoms with E-state index in [4.69, 9.17) is 5.73 Å². The van der Waals surface area contributed by atoms with Gasteiger partial charge in [0.05, 0.1) is 5.25 Å². The molecule has 0 aliphatic rings. The van der Waals surface area contributed by atoms with Crippen molar-refractivity contribution in [1.29, 1.82) is 0 Å². The Bertz CT molecular complexity index is 579. The molecule has 0 fully saturated rings. The summed E-state index contributed by atoms with van der Waals surface area (Å²) in [5, 5.41) is 9.48. The van der Waals surface area contributed by atoms with Gasteiger partial charge in [-0.2, -0.15) is 0 Å². The highest BCUT2D eigenvalue weighted by Crippen LogP contribution is 2.38. The maximum Gasteiger partial charge on any atom is 0.191 e. The van der Waals surface area contributed by atoms with E-state index in [-0.39, 0.29) is 11.3 Å². The molecule has 0 amide bonds. The third kappa shape index (κ3) is 3.04. The highest BCUT2D eigenvalue weighted by atomic mass is 32.2. The van der Waals surface area contributed by atoms with Gasteiger partial charge in [0.15, 0.2) is 5.16 Å². The first kappa shape index (κ1) is 15.1. The van der Waals surface area contributed by atoms with E-state index in [1.807, 2.05) is 18.5 Å². The molecule has 1 heterocycles. The van der Waals surface area contributed by atoms with E-state index in [0.717, 1.165) is 17.4 Å². The van der Waals surface area contributed by atoms with Gasteiger partial charge in [-0.3, -0.25) is 0 Å². The summed E-state index contributed by atoms with van der Waals surface area (Å²) in [6, 6.07) is 8.52. The maximum absolute atomic E-state index is 6.34. The Labute approximate surface area is 124 Å². The van der Waals surface area contributed by atoms with E-state index in [2.05, 4.69) is 48.3 Å². The van der Waals surface area contributed by atoms with E-state index in [0.29, 0.717) is 0 Å². The molecule has 1 aromatic carbocycles.